The number of nitrogens with zero attached hydrogens (tertiary/aromatic N) is 2. The van der Waals surface area contributed by atoms with E-state index in [1.54, 1.807) is 22.7 Å². The van der Waals surface area contributed by atoms with Gasteiger partial charge in [-0.05, 0) is 48.7 Å². The number of aromatic nitrogens is 2. The Morgan fingerprint density at radius 3 is 1.61 bits per heavy atom. The number of ether oxygens (including phenoxy) is 1. The van der Waals surface area contributed by atoms with Crippen LogP contribution in [-0.2, 0) is 0 Å². The summed E-state index contributed by atoms with van der Waals surface area (Å²) in [6.07, 6.45) is 17.3. The first-order chi connectivity index (χ1) is 17.7. The van der Waals surface area contributed by atoms with Gasteiger partial charge in [0.05, 0.1) is 16.4 Å². The summed E-state index contributed by atoms with van der Waals surface area (Å²) in [7, 11) is 0. The molecule has 0 unspecified atom stereocenters. The van der Waals surface area contributed by atoms with E-state index < -0.39 is 0 Å². The van der Waals surface area contributed by atoms with Crippen molar-refractivity contribution in [2.24, 2.45) is 0 Å². The van der Waals surface area contributed by atoms with Crippen molar-refractivity contribution < 1.29 is 4.74 Å². The molecule has 0 aliphatic carbocycles. The fraction of sp³-hybridized carbons (Fsp3) is 0.419. The van der Waals surface area contributed by atoms with Gasteiger partial charge in [0.25, 0.3) is 0 Å². The minimum Gasteiger partial charge on any atom is -0.494 e. The Balaban J connectivity index is 1.19. The zero-order chi connectivity index (χ0) is 25.0. The van der Waals surface area contributed by atoms with Crippen LogP contribution in [0.4, 0.5) is 0 Å². The SMILES string of the molecule is CCCCCCCCCCCCOc1ccc(-c2cnc(-c3ncc(-c4ccc(C)cc4)s3)s2)cc1. The molecule has 0 amide bonds. The molecule has 5 heteroatoms. The number of hydrogen-bond acceptors (Lipinski definition) is 5. The molecule has 0 atom stereocenters. The predicted octanol–water partition coefficient (Wildman–Crippen LogP) is 10.2. The number of benzene rings is 2. The van der Waals surface area contributed by atoms with Crippen LogP contribution in [0.1, 0.15) is 76.7 Å². The number of rotatable bonds is 15. The van der Waals surface area contributed by atoms with Gasteiger partial charge in [-0.1, -0.05) is 94.5 Å². The van der Waals surface area contributed by atoms with Crippen molar-refractivity contribution >= 4 is 22.7 Å². The Bertz CT molecular complexity index is 1160. The normalized spacial score (nSPS) is 11.2. The van der Waals surface area contributed by atoms with E-state index in [-0.39, 0.29) is 0 Å². The van der Waals surface area contributed by atoms with Crippen LogP contribution in [0, 0.1) is 6.92 Å². The topological polar surface area (TPSA) is 35.0 Å². The number of hydrogen-bond donors (Lipinski definition) is 0. The maximum absolute atomic E-state index is 5.97. The maximum Gasteiger partial charge on any atom is 0.152 e. The van der Waals surface area contributed by atoms with Gasteiger partial charge in [-0.3, -0.25) is 0 Å². The Morgan fingerprint density at radius 1 is 0.611 bits per heavy atom. The van der Waals surface area contributed by atoms with Gasteiger partial charge in [-0.15, -0.1) is 22.7 Å². The highest BCUT2D eigenvalue weighted by atomic mass is 32.1. The Hall–Kier alpha value is -2.50. The van der Waals surface area contributed by atoms with Crippen molar-refractivity contribution in [3.8, 4) is 36.6 Å². The quantitative estimate of drug-likeness (QED) is 0.147. The van der Waals surface area contributed by atoms with E-state index in [9.17, 15) is 0 Å². The molecule has 4 aromatic rings. The Kier molecular flexibility index (Phi) is 10.5. The molecular formula is C31H38N2OS2. The van der Waals surface area contributed by atoms with Crippen LogP contribution in [-0.4, -0.2) is 16.6 Å². The molecule has 0 saturated heterocycles. The predicted molar refractivity (Wildman–Crippen MR) is 156 cm³/mol. The monoisotopic (exact) mass is 518 g/mol. The van der Waals surface area contributed by atoms with Crippen LogP contribution >= 0.6 is 22.7 Å². The lowest BCUT2D eigenvalue weighted by atomic mass is 10.1. The summed E-state index contributed by atoms with van der Waals surface area (Å²) in [6, 6.07) is 17.0. The summed E-state index contributed by atoms with van der Waals surface area (Å²) in [5, 5.41) is 1.94. The molecule has 0 saturated carbocycles. The Morgan fingerprint density at radius 2 is 1.08 bits per heavy atom. The molecule has 0 radical (unpaired) electrons. The van der Waals surface area contributed by atoms with Crippen LogP contribution in [0.3, 0.4) is 0 Å². The van der Waals surface area contributed by atoms with E-state index in [1.165, 1.54) is 79.4 Å². The summed E-state index contributed by atoms with van der Waals surface area (Å²) in [5.74, 6) is 0.946. The van der Waals surface area contributed by atoms with Crippen LogP contribution in [0.2, 0.25) is 0 Å². The second-order valence-electron chi connectivity index (χ2n) is 9.48. The zero-order valence-corrected chi connectivity index (χ0v) is 23.3. The summed E-state index contributed by atoms with van der Waals surface area (Å²) in [6.45, 7) is 5.18. The molecule has 2 aromatic carbocycles. The molecule has 0 aliphatic heterocycles. The van der Waals surface area contributed by atoms with Gasteiger partial charge in [0.2, 0.25) is 0 Å². The molecule has 0 aliphatic rings. The molecule has 3 nitrogen and oxygen atoms in total. The van der Waals surface area contributed by atoms with Crippen molar-refractivity contribution in [1.29, 1.82) is 0 Å². The lowest BCUT2D eigenvalue weighted by molar-refractivity contribution is 0.304. The summed E-state index contributed by atoms with van der Waals surface area (Å²) in [4.78, 5) is 11.6. The van der Waals surface area contributed by atoms with E-state index in [4.69, 9.17) is 4.74 Å². The smallest absolute Gasteiger partial charge is 0.152 e. The molecule has 0 N–H and O–H groups in total. The second-order valence-corrected chi connectivity index (χ2v) is 11.5. The van der Waals surface area contributed by atoms with Crippen LogP contribution in [0.15, 0.2) is 60.9 Å². The average Bonchev–Trinajstić information content (AvgIpc) is 3.59. The minimum absolute atomic E-state index is 0.800. The van der Waals surface area contributed by atoms with Crippen molar-refractivity contribution in [2.75, 3.05) is 6.61 Å². The highest BCUT2D eigenvalue weighted by molar-refractivity contribution is 7.24. The van der Waals surface area contributed by atoms with E-state index in [2.05, 4.69) is 72.3 Å². The largest absolute Gasteiger partial charge is 0.494 e. The summed E-state index contributed by atoms with van der Waals surface area (Å²) in [5.41, 5.74) is 3.64. The third kappa shape index (κ3) is 8.01. The first-order valence-electron chi connectivity index (χ1n) is 13.5. The molecule has 4 rings (SSSR count). The lowest BCUT2D eigenvalue weighted by Gasteiger charge is -2.07. The first kappa shape index (κ1) is 26.6. The van der Waals surface area contributed by atoms with Crippen molar-refractivity contribution in [3.63, 3.8) is 0 Å². The third-order valence-corrected chi connectivity index (χ3v) is 8.67. The van der Waals surface area contributed by atoms with Crippen LogP contribution in [0.5, 0.6) is 5.75 Å². The fourth-order valence-corrected chi connectivity index (χ4v) is 6.10. The molecule has 0 fully saturated rings. The molecule has 36 heavy (non-hydrogen) atoms. The van der Waals surface area contributed by atoms with Gasteiger partial charge < -0.3 is 4.74 Å². The van der Waals surface area contributed by atoms with Crippen molar-refractivity contribution in [2.45, 2.75) is 78.1 Å². The zero-order valence-electron chi connectivity index (χ0n) is 21.7. The van der Waals surface area contributed by atoms with Crippen molar-refractivity contribution in [1.82, 2.24) is 9.97 Å². The van der Waals surface area contributed by atoms with Gasteiger partial charge in [0.15, 0.2) is 10.0 Å². The maximum atomic E-state index is 5.97. The molecule has 190 valence electrons. The van der Waals surface area contributed by atoms with Gasteiger partial charge >= 0.3 is 0 Å². The summed E-state index contributed by atoms with van der Waals surface area (Å²) >= 11 is 3.38. The van der Waals surface area contributed by atoms with Crippen molar-refractivity contribution in [3.05, 3.63) is 66.5 Å². The summed E-state index contributed by atoms with van der Waals surface area (Å²) < 4.78 is 5.97. The average molecular weight is 519 g/mol. The second kappa shape index (κ2) is 14.3. The highest BCUT2D eigenvalue weighted by Gasteiger charge is 2.12. The number of unbranched alkanes of at least 4 members (excludes halogenated alkanes) is 9. The van der Waals surface area contributed by atoms with Crippen LogP contribution < -0.4 is 4.74 Å². The van der Waals surface area contributed by atoms with Gasteiger partial charge in [-0.2, -0.15) is 0 Å². The molecule has 0 bridgehead atoms. The molecular weight excluding hydrogens is 480 g/mol. The Labute approximate surface area is 224 Å². The van der Waals surface area contributed by atoms with E-state index in [0.29, 0.717) is 0 Å². The highest BCUT2D eigenvalue weighted by Crippen LogP contribution is 2.37. The number of thiazole rings is 2. The van der Waals surface area contributed by atoms with E-state index >= 15 is 0 Å². The third-order valence-electron chi connectivity index (χ3n) is 6.44. The standard InChI is InChI=1S/C31H38N2OS2/c1-3-4-5-6-7-8-9-10-11-12-21-34-27-19-17-26(18-20-27)29-23-33-31(36-29)30-32-22-28(35-30)25-15-13-24(2)14-16-25/h13-20,22-23H,3-12,21H2,1-2H3. The fourth-order valence-electron chi connectivity index (χ4n) is 4.23. The number of aryl methyl sites for hydroxylation is 1. The molecule has 0 spiro atoms. The van der Waals surface area contributed by atoms with E-state index in [1.807, 2.05) is 12.4 Å². The van der Waals surface area contributed by atoms with Gasteiger partial charge in [-0.25, -0.2) is 9.97 Å². The van der Waals surface area contributed by atoms with Crippen LogP contribution in [0.25, 0.3) is 30.9 Å². The van der Waals surface area contributed by atoms with E-state index in [0.717, 1.165) is 33.7 Å². The lowest BCUT2D eigenvalue weighted by Crippen LogP contribution is -1.97. The first-order valence-corrected chi connectivity index (χ1v) is 15.1. The molecule has 2 aromatic heterocycles. The minimum atomic E-state index is 0.800. The van der Waals surface area contributed by atoms with Gasteiger partial charge in [0, 0.05) is 12.4 Å². The van der Waals surface area contributed by atoms with Gasteiger partial charge in [0.1, 0.15) is 5.75 Å². The molecule has 2 heterocycles.